The van der Waals surface area contributed by atoms with Crippen LogP contribution in [0.4, 0.5) is 0 Å². The monoisotopic (exact) mass is 407 g/mol. The van der Waals surface area contributed by atoms with Crippen LogP contribution in [0, 0.1) is 0 Å². The number of unbranched alkanes of at least 4 members (excludes halogenated alkanes) is 8. The molecule has 0 saturated heterocycles. The van der Waals surface area contributed by atoms with Gasteiger partial charge >= 0.3 is 0 Å². The van der Waals surface area contributed by atoms with Crippen molar-refractivity contribution in [3.63, 3.8) is 0 Å². The minimum Gasteiger partial charge on any atom is -0.356 e. The molecule has 0 unspecified atom stereocenters. The molecular formula is C20H43N2O4S+. The van der Waals surface area contributed by atoms with Crippen LogP contribution in [0.2, 0.25) is 0 Å². The van der Waals surface area contributed by atoms with Crippen molar-refractivity contribution in [1.82, 2.24) is 5.32 Å². The number of nitrogens with zero attached hydrogens (tertiary/aromatic N) is 1. The second kappa shape index (κ2) is 15.3. The van der Waals surface area contributed by atoms with E-state index >= 15 is 0 Å². The third kappa shape index (κ3) is 19.9. The van der Waals surface area contributed by atoms with Crippen LogP contribution in [0.3, 0.4) is 0 Å². The highest BCUT2D eigenvalue weighted by atomic mass is 32.2. The van der Waals surface area contributed by atoms with Crippen molar-refractivity contribution in [2.75, 3.05) is 39.5 Å². The van der Waals surface area contributed by atoms with E-state index in [1.807, 2.05) is 14.1 Å². The van der Waals surface area contributed by atoms with Crippen LogP contribution in [-0.4, -0.2) is 62.8 Å². The Morgan fingerprint density at radius 3 is 1.93 bits per heavy atom. The van der Waals surface area contributed by atoms with Gasteiger partial charge in [0.05, 0.1) is 32.9 Å². The minimum absolute atomic E-state index is 0.104. The Bertz CT molecular complexity index is 478. The summed E-state index contributed by atoms with van der Waals surface area (Å²) < 4.78 is 30.9. The normalized spacial score (nSPS) is 12.3. The lowest BCUT2D eigenvalue weighted by Crippen LogP contribution is -2.42. The third-order valence-corrected chi connectivity index (χ3v) is 5.74. The Morgan fingerprint density at radius 2 is 1.37 bits per heavy atom. The molecule has 0 radical (unpaired) electrons. The predicted octanol–water partition coefficient (Wildman–Crippen LogP) is 3.77. The van der Waals surface area contributed by atoms with Gasteiger partial charge in [-0.3, -0.25) is 9.35 Å². The minimum atomic E-state index is -3.88. The molecule has 0 aliphatic carbocycles. The molecule has 2 N–H and O–H groups in total. The highest BCUT2D eigenvalue weighted by Gasteiger charge is 2.17. The summed E-state index contributed by atoms with van der Waals surface area (Å²) in [5.41, 5.74) is 0. The maximum absolute atomic E-state index is 11.9. The fraction of sp³-hybridized carbons (Fsp3) is 0.950. The van der Waals surface area contributed by atoms with Crippen molar-refractivity contribution < 1.29 is 22.2 Å². The first-order valence-electron chi connectivity index (χ1n) is 10.7. The Kier molecular flexibility index (Phi) is 14.9. The molecule has 0 aliphatic heterocycles. The van der Waals surface area contributed by atoms with Gasteiger partial charge in [-0.25, -0.2) is 0 Å². The summed E-state index contributed by atoms with van der Waals surface area (Å²) in [6.07, 6.45) is 13.2. The summed E-state index contributed by atoms with van der Waals surface area (Å²) in [7, 11) is 0.157. The van der Waals surface area contributed by atoms with Crippen LogP contribution in [0.15, 0.2) is 0 Å². The van der Waals surface area contributed by atoms with Crippen molar-refractivity contribution in [1.29, 1.82) is 0 Å². The molecular weight excluding hydrogens is 364 g/mol. The number of quaternary nitrogens is 1. The fourth-order valence-corrected chi connectivity index (χ4v) is 3.70. The van der Waals surface area contributed by atoms with Crippen molar-refractivity contribution in [2.45, 2.75) is 84.0 Å². The first-order valence-corrected chi connectivity index (χ1v) is 12.3. The maximum atomic E-state index is 11.9. The van der Waals surface area contributed by atoms with E-state index in [1.165, 1.54) is 51.4 Å². The molecule has 0 fully saturated rings. The van der Waals surface area contributed by atoms with Gasteiger partial charge in [-0.1, -0.05) is 58.3 Å². The quantitative estimate of drug-likeness (QED) is 0.206. The number of rotatable bonds is 18. The lowest BCUT2D eigenvalue weighted by atomic mass is 10.1. The summed E-state index contributed by atoms with van der Waals surface area (Å²) in [4.78, 5) is 11.9. The number of carbonyl (C=O) groups is 1. The standard InChI is InChI=1S/C20H42N2O4S/c1-4-5-6-7-8-9-10-11-12-16-21-20(23)15-13-17-22(2,3)18-14-19-27(24,25)26/h4-19H2,1-3H3,(H-,21,23,24,25,26)/p+1. The number of carbonyl (C=O) groups excluding carboxylic acids is 1. The zero-order chi connectivity index (χ0) is 20.6. The topological polar surface area (TPSA) is 83.5 Å². The molecule has 0 aromatic carbocycles. The molecule has 7 heteroatoms. The molecule has 0 aromatic heterocycles. The maximum Gasteiger partial charge on any atom is 0.265 e. The van der Waals surface area contributed by atoms with Crippen molar-refractivity contribution >= 4 is 16.0 Å². The Morgan fingerprint density at radius 1 is 0.852 bits per heavy atom. The summed E-state index contributed by atoms with van der Waals surface area (Å²) in [6.45, 7) is 4.49. The van der Waals surface area contributed by atoms with E-state index in [9.17, 15) is 13.2 Å². The summed E-state index contributed by atoms with van der Waals surface area (Å²) in [5.74, 6) is -0.0963. The second-order valence-corrected chi connectivity index (χ2v) is 9.88. The van der Waals surface area contributed by atoms with Gasteiger partial charge in [0.1, 0.15) is 0 Å². The van der Waals surface area contributed by atoms with E-state index in [-0.39, 0.29) is 11.7 Å². The number of hydrogen-bond donors (Lipinski definition) is 2. The van der Waals surface area contributed by atoms with Crippen LogP contribution >= 0.6 is 0 Å². The molecule has 27 heavy (non-hydrogen) atoms. The first-order chi connectivity index (χ1) is 12.7. The lowest BCUT2D eigenvalue weighted by molar-refractivity contribution is -0.890. The predicted molar refractivity (Wildman–Crippen MR) is 112 cm³/mol. The third-order valence-electron chi connectivity index (χ3n) is 4.94. The van der Waals surface area contributed by atoms with Crippen LogP contribution in [0.25, 0.3) is 0 Å². The Hall–Kier alpha value is -0.660. The Labute approximate surface area is 167 Å². The highest BCUT2D eigenvalue weighted by molar-refractivity contribution is 7.85. The van der Waals surface area contributed by atoms with Crippen LogP contribution in [0.5, 0.6) is 0 Å². The SMILES string of the molecule is CCCCCCCCCCCNC(=O)CCC[N+](C)(C)CCCS(=O)(=O)O. The molecule has 0 aliphatic rings. The van der Waals surface area contributed by atoms with E-state index in [0.717, 1.165) is 25.9 Å². The van der Waals surface area contributed by atoms with Crippen molar-refractivity contribution in [3.05, 3.63) is 0 Å². The van der Waals surface area contributed by atoms with E-state index in [0.29, 0.717) is 23.9 Å². The van der Waals surface area contributed by atoms with Crippen molar-refractivity contribution in [3.8, 4) is 0 Å². The summed E-state index contributed by atoms with van der Waals surface area (Å²) in [5, 5.41) is 2.99. The van der Waals surface area contributed by atoms with Gasteiger partial charge < -0.3 is 9.80 Å². The molecule has 6 nitrogen and oxygen atoms in total. The Balaban J connectivity index is 3.55. The van der Waals surface area contributed by atoms with E-state index in [2.05, 4.69) is 12.2 Å². The van der Waals surface area contributed by atoms with Gasteiger partial charge in [-0.2, -0.15) is 8.42 Å². The lowest BCUT2D eigenvalue weighted by Gasteiger charge is -2.29. The van der Waals surface area contributed by atoms with Gasteiger partial charge in [-0.15, -0.1) is 0 Å². The zero-order valence-electron chi connectivity index (χ0n) is 17.8. The van der Waals surface area contributed by atoms with Gasteiger partial charge in [0.15, 0.2) is 0 Å². The number of nitrogens with one attached hydrogen (secondary N) is 1. The molecule has 0 spiro atoms. The smallest absolute Gasteiger partial charge is 0.265 e. The number of hydrogen-bond acceptors (Lipinski definition) is 3. The van der Waals surface area contributed by atoms with E-state index < -0.39 is 10.1 Å². The molecule has 0 rings (SSSR count). The molecule has 0 atom stereocenters. The molecule has 0 heterocycles. The van der Waals surface area contributed by atoms with E-state index in [4.69, 9.17) is 4.55 Å². The summed E-state index contributed by atoms with van der Waals surface area (Å²) in [6, 6.07) is 0. The average molecular weight is 408 g/mol. The highest BCUT2D eigenvalue weighted by Crippen LogP contribution is 2.09. The van der Waals surface area contributed by atoms with E-state index in [1.54, 1.807) is 0 Å². The van der Waals surface area contributed by atoms with Crippen LogP contribution < -0.4 is 5.32 Å². The largest absolute Gasteiger partial charge is 0.356 e. The average Bonchev–Trinajstić information content (AvgIpc) is 2.55. The van der Waals surface area contributed by atoms with Crippen molar-refractivity contribution in [2.24, 2.45) is 0 Å². The van der Waals surface area contributed by atoms with Gasteiger partial charge in [0.2, 0.25) is 5.91 Å². The van der Waals surface area contributed by atoms with Gasteiger partial charge in [0.25, 0.3) is 10.1 Å². The molecule has 0 bridgehead atoms. The van der Waals surface area contributed by atoms with Crippen LogP contribution in [0.1, 0.15) is 84.0 Å². The summed E-state index contributed by atoms with van der Waals surface area (Å²) >= 11 is 0. The fourth-order valence-electron chi connectivity index (χ4n) is 3.21. The first kappa shape index (κ1) is 26.3. The second-order valence-electron chi connectivity index (χ2n) is 8.30. The molecule has 0 saturated carbocycles. The number of amides is 1. The molecule has 0 aromatic rings. The van der Waals surface area contributed by atoms with Crippen LogP contribution in [-0.2, 0) is 14.9 Å². The molecule has 1 amide bonds. The molecule has 162 valence electrons. The van der Waals surface area contributed by atoms with Gasteiger partial charge in [0, 0.05) is 25.8 Å². The zero-order valence-corrected chi connectivity index (χ0v) is 18.7. The van der Waals surface area contributed by atoms with Gasteiger partial charge in [-0.05, 0) is 6.42 Å².